The van der Waals surface area contributed by atoms with Gasteiger partial charge in [-0.3, -0.25) is 4.90 Å². The number of benzene rings is 1. The zero-order valence-corrected chi connectivity index (χ0v) is 9.87. The van der Waals surface area contributed by atoms with Crippen LogP contribution in [0.25, 0.3) is 6.08 Å². The maximum atomic E-state index is 3.76. The normalized spacial score (nSPS) is 10.6. The molecule has 0 aliphatic rings. The maximum absolute atomic E-state index is 3.76. The minimum atomic E-state index is 1.06. The highest BCUT2D eigenvalue weighted by molar-refractivity contribution is 5.47. The third kappa shape index (κ3) is 3.88. The quantitative estimate of drug-likeness (QED) is 0.683. The van der Waals surface area contributed by atoms with Gasteiger partial charge in [0, 0.05) is 6.54 Å². The molecule has 15 heavy (non-hydrogen) atoms. The molecule has 1 heteroatoms. The average Bonchev–Trinajstić information content (AvgIpc) is 2.29. The lowest BCUT2D eigenvalue weighted by Crippen LogP contribution is -2.23. The predicted molar refractivity (Wildman–Crippen MR) is 67.8 cm³/mol. The van der Waals surface area contributed by atoms with Crippen LogP contribution in [0.5, 0.6) is 0 Å². The third-order valence-corrected chi connectivity index (χ3v) is 2.61. The topological polar surface area (TPSA) is 3.24 Å². The first-order valence-corrected chi connectivity index (χ1v) is 5.73. The molecule has 1 nitrogen and oxygen atoms in total. The monoisotopic (exact) mass is 203 g/mol. The Hall–Kier alpha value is -1.08. The van der Waals surface area contributed by atoms with Gasteiger partial charge >= 0.3 is 0 Å². The Morgan fingerprint density at radius 2 is 1.87 bits per heavy atom. The lowest BCUT2D eigenvalue weighted by atomic mass is 10.1. The Balaban J connectivity index is 2.58. The number of rotatable bonds is 6. The summed E-state index contributed by atoms with van der Waals surface area (Å²) in [4.78, 5) is 2.46. The minimum absolute atomic E-state index is 1.06. The molecular weight excluding hydrogens is 182 g/mol. The molecule has 0 aliphatic heterocycles. The van der Waals surface area contributed by atoms with E-state index in [1.807, 2.05) is 6.08 Å². The highest BCUT2D eigenvalue weighted by Crippen LogP contribution is 2.08. The van der Waals surface area contributed by atoms with Crippen LogP contribution in [0.1, 0.15) is 31.4 Å². The van der Waals surface area contributed by atoms with E-state index in [1.54, 1.807) is 0 Å². The van der Waals surface area contributed by atoms with Gasteiger partial charge in [0.1, 0.15) is 0 Å². The maximum Gasteiger partial charge on any atom is 0.0233 e. The summed E-state index contributed by atoms with van der Waals surface area (Å²) < 4.78 is 0. The van der Waals surface area contributed by atoms with E-state index in [1.165, 1.54) is 24.1 Å². The standard InChI is InChI=1S/C14H21N/c1-4-11-15(6-3)12-14-9-7-13(5-2)8-10-14/h5,7-10H,2,4,6,11-12H2,1,3H3. The molecular formula is C14H21N. The van der Waals surface area contributed by atoms with Crippen LogP contribution < -0.4 is 0 Å². The minimum Gasteiger partial charge on any atom is -0.299 e. The van der Waals surface area contributed by atoms with E-state index in [0.717, 1.165) is 13.1 Å². The molecule has 0 N–H and O–H groups in total. The first-order valence-electron chi connectivity index (χ1n) is 5.73. The summed E-state index contributed by atoms with van der Waals surface area (Å²) in [7, 11) is 0. The van der Waals surface area contributed by atoms with Gasteiger partial charge < -0.3 is 0 Å². The largest absolute Gasteiger partial charge is 0.299 e. The smallest absolute Gasteiger partial charge is 0.0233 e. The lowest BCUT2D eigenvalue weighted by molar-refractivity contribution is 0.280. The molecule has 1 aromatic rings. The van der Waals surface area contributed by atoms with Crippen molar-refractivity contribution in [2.24, 2.45) is 0 Å². The summed E-state index contributed by atoms with van der Waals surface area (Å²) in [5, 5.41) is 0. The van der Waals surface area contributed by atoms with E-state index in [2.05, 4.69) is 49.6 Å². The lowest BCUT2D eigenvalue weighted by Gasteiger charge is -2.19. The third-order valence-electron chi connectivity index (χ3n) is 2.61. The van der Waals surface area contributed by atoms with Gasteiger partial charge in [0.05, 0.1) is 0 Å². The second-order valence-corrected chi connectivity index (χ2v) is 3.81. The van der Waals surface area contributed by atoms with Gasteiger partial charge in [-0.2, -0.15) is 0 Å². The van der Waals surface area contributed by atoms with Crippen LogP contribution in [-0.4, -0.2) is 18.0 Å². The average molecular weight is 203 g/mol. The van der Waals surface area contributed by atoms with Crippen LogP contribution in [0.2, 0.25) is 0 Å². The van der Waals surface area contributed by atoms with E-state index in [4.69, 9.17) is 0 Å². The number of hydrogen-bond acceptors (Lipinski definition) is 1. The van der Waals surface area contributed by atoms with Gasteiger partial charge in [-0.05, 0) is 30.6 Å². The number of nitrogens with zero attached hydrogens (tertiary/aromatic N) is 1. The molecule has 1 rings (SSSR count). The van der Waals surface area contributed by atoms with Crippen molar-refractivity contribution in [2.45, 2.75) is 26.8 Å². The fourth-order valence-electron chi connectivity index (χ4n) is 1.68. The molecule has 0 bridgehead atoms. The van der Waals surface area contributed by atoms with Crippen LogP contribution in [-0.2, 0) is 6.54 Å². The van der Waals surface area contributed by atoms with E-state index in [0.29, 0.717) is 0 Å². The molecule has 0 amide bonds. The molecule has 82 valence electrons. The zero-order chi connectivity index (χ0) is 11.1. The Morgan fingerprint density at radius 3 is 2.33 bits per heavy atom. The molecule has 0 aromatic heterocycles. The van der Waals surface area contributed by atoms with Crippen molar-refractivity contribution in [1.82, 2.24) is 4.90 Å². The van der Waals surface area contributed by atoms with Crippen molar-refractivity contribution in [2.75, 3.05) is 13.1 Å². The molecule has 0 fully saturated rings. The fraction of sp³-hybridized carbons (Fsp3) is 0.429. The molecule has 0 radical (unpaired) electrons. The molecule has 0 heterocycles. The van der Waals surface area contributed by atoms with Crippen molar-refractivity contribution >= 4 is 6.08 Å². The Labute approximate surface area is 93.4 Å². The molecule has 0 unspecified atom stereocenters. The summed E-state index contributed by atoms with van der Waals surface area (Å²) in [6.07, 6.45) is 3.10. The van der Waals surface area contributed by atoms with Crippen LogP contribution in [0.4, 0.5) is 0 Å². The van der Waals surface area contributed by atoms with Gasteiger partial charge in [0.2, 0.25) is 0 Å². The molecule has 1 aromatic carbocycles. The first kappa shape index (κ1) is 12.0. The van der Waals surface area contributed by atoms with Gasteiger partial charge in [-0.15, -0.1) is 0 Å². The summed E-state index contributed by atoms with van der Waals surface area (Å²) in [6, 6.07) is 8.63. The van der Waals surface area contributed by atoms with Gasteiger partial charge in [-0.1, -0.05) is 50.8 Å². The highest BCUT2D eigenvalue weighted by atomic mass is 15.1. The molecule has 0 aliphatic carbocycles. The highest BCUT2D eigenvalue weighted by Gasteiger charge is 2.01. The second kappa shape index (κ2) is 6.41. The van der Waals surface area contributed by atoms with Crippen LogP contribution in [0.15, 0.2) is 30.8 Å². The van der Waals surface area contributed by atoms with E-state index in [-0.39, 0.29) is 0 Å². The van der Waals surface area contributed by atoms with Crippen LogP contribution >= 0.6 is 0 Å². The summed E-state index contributed by atoms with van der Waals surface area (Å²) in [6.45, 7) is 11.6. The van der Waals surface area contributed by atoms with E-state index < -0.39 is 0 Å². The Bertz CT molecular complexity index is 287. The molecule has 0 saturated carbocycles. The van der Waals surface area contributed by atoms with E-state index in [9.17, 15) is 0 Å². The van der Waals surface area contributed by atoms with Crippen molar-refractivity contribution in [1.29, 1.82) is 0 Å². The van der Waals surface area contributed by atoms with Crippen molar-refractivity contribution in [3.8, 4) is 0 Å². The van der Waals surface area contributed by atoms with Crippen molar-refractivity contribution < 1.29 is 0 Å². The van der Waals surface area contributed by atoms with E-state index >= 15 is 0 Å². The fourth-order valence-corrected chi connectivity index (χ4v) is 1.68. The molecule has 0 atom stereocenters. The SMILES string of the molecule is C=Cc1ccc(CN(CC)CCC)cc1. The Morgan fingerprint density at radius 1 is 1.20 bits per heavy atom. The van der Waals surface area contributed by atoms with Crippen LogP contribution in [0, 0.1) is 0 Å². The van der Waals surface area contributed by atoms with Crippen molar-refractivity contribution in [3.63, 3.8) is 0 Å². The van der Waals surface area contributed by atoms with Gasteiger partial charge in [0.15, 0.2) is 0 Å². The number of hydrogen-bond donors (Lipinski definition) is 0. The summed E-state index contributed by atoms with van der Waals surface area (Å²) in [5.41, 5.74) is 2.58. The zero-order valence-electron chi connectivity index (χ0n) is 9.87. The van der Waals surface area contributed by atoms with Crippen LogP contribution in [0.3, 0.4) is 0 Å². The van der Waals surface area contributed by atoms with Gasteiger partial charge in [0.25, 0.3) is 0 Å². The predicted octanol–water partition coefficient (Wildman–Crippen LogP) is 3.56. The Kier molecular flexibility index (Phi) is 5.13. The summed E-state index contributed by atoms with van der Waals surface area (Å²) >= 11 is 0. The molecule has 0 spiro atoms. The van der Waals surface area contributed by atoms with Gasteiger partial charge in [-0.25, -0.2) is 0 Å². The first-order chi connectivity index (χ1) is 7.30. The summed E-state index contributed by atoms with van der Waals surface area (Å²) in [5.74, 6) is 0. The second-order valence-electron chi connectivity index (χ2n) is 3.81. The molecule has 0 saturated heterocycles. The van der Waals surface area contributed by atoms with Crippen molar-refractivity contribution in [3.05, 3.63) is 42.0 Å².